The first kappa shape index (κ1) is 21.7. The quantitative estimate of drug-likeness (QED) is 0.537. The molecule has 27 heavy (non-hydrogen) atoms. The molecule has 0 aliphatic carbocycles. The predicted molar refractivity (Wildman–Crippen MR) is 110 cm³/mol. The molecule has 0 amide bonds. The Morgan fingerprint density at radius 3 is 2.37 bits per heavy atom. The Kier molecular flexibility index (Phi) is 6.95. The molecule has 0 saturated carbocycles. The molecule has 1 heterocycles. The van der Waals surface area contributed by atoms with Crippen molar-refractivity contribution in [3.8, 4) is 0 Å². The van der Waals surface area contributed by atoms with E-state index in [1.54, 1.807) is 25.1 Å². The third kappa shape index (κ3) is 5.47. The largest absolute Gasteiger partial charge is 0.491 e. The Morgan fingerprint density at radius 2 is 1.81 bits per heavy atom. The number of carbonyl (C=O) groups is 2. The number of hydrogen-bond donors (Lipinski definition) is 0. The van der Waals surface area contributed by atoms with Crippen LogP contribution in [-0.2, 0) is 18.8 Å². The number of hydrogen-bond acceptors (Lipinski definition) is 6. The second kappa shape index (κ2) is 8.63. The lowest BCUT2D eigenvalue weighted by Gasteiger charge is -2.32. The van der Waals surface area contributed by atoms with Gasteiger partial charge in [0.1, 0.15) is 0 Å². The average molecular weight is 390 g/mol. The lowest BCUT2D eigenvalue weighted by Crippen LogP contribution is -2.41. The third-order valence-corrected chi connectivity index (χ3v) is 5.63. The van der Waals surface area contributed by atoms with Gasteiger partial charge in [-0.3, -0.25) is 4.79 Å². The first-order valence-corrected chi connectivity index (χ1v) is 10.0. The summed E-state index contributed by atoms with van der Waals surface area (Å²) in [5.74, 6) is 0.0959. The molecule has 0 atom stereocenters. The summed E-state index contributed by atoms with van der Waals surface area (Å²) in [5.41, 5.74) is 1.22. The van der Waals surface area contributed by atoms with E-state index < -0.39 is 18.3 Å². The molecule has 1 aromatic carbocycles. The van der Waals surface area contributed by atoms with Gasteiger partial charge in [-0.2, -0.15) is 0 Å². The first-order valence-electron chi connectivity index (χ1n) is 9.02. The SMILES string of the molecule is CCOC(=O)c1cccc(C=C(CSC(C)=O)B2OC(C)(C)C(C)(C)O2)c1. The number of ether oxygens (including phenoxy) is 1. The number of rotatable bonds is 6. The maximum Gasteiger partial charge on any atom is 0.491 e. The molecular weight excluding hydrogens is 363 g/mol. The van der Waals surface area contributed by atoms with Gasteiger partial charge in [-0.15, -0.1) is 0 Å². The smallest absolute Gasteiger partial charge is 0.462 e. The van der Waals surface area contributed by atoms with Crippen LogP contribution in [0.3, 0.4) is 0 Å². The molecule has 0 radical (unpaired) electrons. The highest BCUT2D eigenvalue weighted by Crippen LogP contribution is 2.39. The minimum atomic E-state index is -0.548. The summed E-state index contributed by atoms with van der Waals surface area (Å²) in [4.78, 5) is 23.5. The summed E-state index contributed by atoms with van der Waals surface area (Å²) in [5, 5.41) is 0.0256. The molecule has 0 unspecified atom stereocenters. The molecule has 1 aromatic rings. The van der Waals surface area contributed by atoms with E-state index in [1.807, 2.05) is 39.8 Å². The van der Waals surface area contributed by atoms with E-state index in [1.165, 1.54) is 18.7 Å². The standard InChI is InChI=1S/C20H27BO5S/c1-7-24-18(23)16-10-8-9-15(11-16)12-17(13-27-14(2)22)21-25-19(3,4)20(5,6)26-21/h8-12H,7,13H2,1-6H3. The highest BCUT2D eigenvalue weighted by molar-refractivity contribution is 8.13. The van der Waals surface area contributed by atoms with Crippen LogP contribution in [0.4, 0.5) is 0 Å². The molecule has 7 heteroatoms. The molecule has 1 aliphatic rings. The van der Waals surface area contributed by atoms with Crippen molar-refractivity contribution in [2.45, 2.75) is 52.7 Å². The van der Waals surface area contributed by atoms with Gasteiger partial charge >= 0.3 is 13.1 Å². The first-order chi connectivity index (χ1) is 12.6. The van der Waals surface area contributed by atoms with E-state index in [0.29, 0.717) is 17.9 Å². The van der Waals surface area contributed by atoms with E-state index in [9.17, 15) is 9.59 Å². The molecule has 0 aromatic heterocycles. The van der Waals surface area contributed by atoms with Gasteiger partial charge in [0, 0.05) is 12.7 Å². The highest BCUT2D eigenvalue weighted by Gasteiger charge is 2.52. The van der Waals surface area contributed by atoms with E-state index in [0.717, 1.165) is 11.0 Å². The minimum absolute atomic E-state index is 0.0256. The topological polar surface area (TPSA) is 61.8 Å². The van der Waals surface area contributed by atoms with Crippen molar-refractivity contribution in [1.29, 1.82) is 0 Å². The molecule has 1 fully saturated rings. The number of thioether (sulfide) groups is 1. The van der Waals surface area contributed by atoms with E-state index in [-0.39, 0.29) is 11.1 Å². The van der Waals surface area contributed by atoms with Crippen LogP contribution in [0.15, 0.2) is 29.7 Å². The maximum atomic E-state index is 12.0. The van der Waals surface area contributed by atoms with Crippen LogP contribution in [0.5, 0.6) is 0 Å². The van der Waals surface area contributed by atoms with Crippen molar-refractivity contribution in [1.82, 2.24) is 0 Å². The minimum Gasteiger partial charge on any atom is -0.462 e. The summed E-state index contributed by atoms with van der Waals surface area (Å²) < 4.78 is 17.3. The highest BCUT2D eigenvalue weighted by atomic mass is 32.2. The Hall–Kier alpha value is -1.57. The van der Waals surface area contributed by atoms with Gasteiger partial charge < -0.3 is 14.0 Å². The van der Waals surface area contributed by atoms with Crippen LogP contribution < -0.4 is 0 Å². The fraction of sp³-hybridized carbons (Fsp3) is 0.500. The fourth-order valence-electron chi connectivity index (χ4n) is 2.54. The number of carbonyl (C=O) groups excluding carboxylic acids is 2. The zero-order valence-corrected chi connectivity index (χ0v) is 17.6. The molecule has 1 aliphatic heterocycles. The van der Waals surface area contributed by atoms with Crippen molar-refractivity contribution < 1.29 is 23.6 Å². The third-order valence-electron chi connectivity index (χ3n) is 4.75. The van der Waals surface area contributed by atoms with Crippen LogP contribution in [0.1, 0.15) is 57.5 Å². The molecule has 146 valence electrons. The van der Waals surface area contributed by atoms with Crippen LogP contribution in [0, 0.1) is 0 Å². The predicted octanol–water partition coefficient (Wildman–Crippen LogP) is 4.16. The summed E-state index contributed by atoms with van der Waals surface area (Å²) >= 11 is 1.21. The molecular formula is C20H27BO5S. The Balaban J connectivity index is 2.33. The summed E-state index contributed by atoms with van der Waals surface area (Å²) in [6.07, 6.45) is 1.92. The second-order valence-corrected chi connectivity index (χ2v) is 8.59. The van der Waals surface area contributed by atoms with Crippen molar-refractivity contribution in [2.24, 2.45) is 0 Å². The second-order valence-electron chi connectivity index (χ2n) is 7.43. The zero-order chi connectivity index (χ0) is 20.2. The maximum absolute atomic E-state index is 12.0. The fourth-order valence-corrected chi connectivity index (χ4v) is 3.13. The normalized spacial score (nSPS) is 18.4. The molecule has 5 nitrogen and oxygen atoms in total. The van der Waals surface area contributed by atoms with Gasteiger partial charge in [0.15, 0.2) is 5.12 Å². The van der Waals surface area contributed by atoms with Crippen molar-refractivity contribution >= 4 is 36.0 Å². The van der Waals surface area contributed by atoms with Crippen LogP contribution in [-0.4, -0.2) is 41.8 Å². The Labute approximate surface area is 166 Å². The summed E-state index contributed by atoms with van der Waals surface area (Å²) in [6, 6.07) is 7.18. The van der Waals surface area contributed by atoms with Gasteiger partial charge in [-0.05, 0) is 57.8 Å². The average Bonchev–Trinajstić information content (AvgIpc) is 2.79. The monoisotopic (exact) mass is 390 g/mol. The van der Waals surface area contributed by atoms with E-state index >= 15 is 0 Å². The van der Waals surface area contributed by atoms with Crippen molar-refractivity contribution in [2.75, 3.05) is 12.4 Å². The van der Waals surface area contributed by atoms with Crippen LogP contribution in [0.25, 0.3) is 6.08 Å². The summed E-state index contributed by atoms with van der Waals surface area (Å²) in [6.45, 7) is 11.6. The summed E-state index contributed by atoms with van der Waals surface area (Å²) in [7, 11) is -0.548. The van der Waals surface area contributed by atoms with Gasteiger partial charge in [0.25, 0.3) is 0 Å². The van der Waals surface area contributed by atoms with E-state index in [4.69, 9.17) is 14.0 Å². The lowest BCUT2D eigenvalue weighted by atomic mass is 9.78. The molecule has 1 saturated heterocycles. The van der Waals surface area contributed by atoms with Crippen molar-refractivity contribution in [3.63, 3.8) is 0 Å². The lowest BCUT2D eigenvalue weighted by molar-refractivity contribution is -0.109. The molecule has 2 rings (SSSR count). The molecule has 0 N–H and O–H groups in total. The van der Waals surface area contributed by atoms with Gasteiger partial charge in [0.05, 0.1) is 23.4 Å². The van der Waals surface area contributed by atoms with Gasteiger partial charge in [-0.1, -0.05) is 30.0 Å². The molecule has 0 spiro atoms. The van der Waals surface area contributed by atoms with Gasteiger partial charge in [-0.25, -0.2) is 4.79 Å². The number of esters is 1. The molecule has 0 bridgehead atoms. The van der Waals surface area contributed by atoms with Crippen LogP contribution in [0.2, 0.25) is 0 Å². The Morgan fingerprint density at radius 1 is 1.19 bits per heavy atom. The van der Waals surface area contributed by atoms with E-state index in [2.05, 4.69) is 0 Å². The zero-order valence-electron chi connectivity index (χ0n) is 16.8. The van der Waals surface area contributed by atoms with Crippen molar-refractivity contribution in [3.05, 3.63) is 40.9 Å². The number of benzene rings is 1. The van der Waals surface area contributed by atoms with Gasteiger partial charge in [0.2, 0.25) is 0 Å². The Bertz CT molecular complexity index is 726. The van der Waals surface area contributed by atoms with Crippen LogP contribution >= 0.6 is 11.8 Å².